The molecule has 2 rings (SSSR count). The van der Waals surface area contributed by atoms with E-state index in [0.29, 0.717) is 5.41 Å². The molecular formula is C14H21N. The predicted molar refractivity (Wildman–Crippen MR) is 65.3 cm³/mol. The quantitative estimate of drug-likeness (QED) is 0.796. The Morgan fingerprint density at radius 1 is 1.20 bits per heavy atom. The van der Waals surface area contributed by atoms with Crippen molar-refractivity contribution in [3.05, 3.63) is 35.4 Å². The van der Waals surface area contributed by atoms with Crippen molar-refractivity contribution in [1.29, 1.82) is 0 Å². The van der Waals surface area contributed by atoms with Crippen molar-refractivity contribution >= 4 is 0 Å². The Morgan fingerprint density at radius 2 is 1.93 bits per heavy atom. The molecule has 0 aromatic heterocycles. The molecule has 1 aromatic rings. The molecule has 15 heavy (non-hydrogen) atoms. The Morgan fingerprint density at radius 3 is 2.40 bits per heavy atom. The maximum absolute atomic E-state index is 3.49. The third-order valence-corrected chi connectivity index (χ3v) is 3.90. The SMILES string of the molecule is CCc1ccc(C2(CC)CCNC2)cc1. The molecule has 1 fully saturated rings. The van der Waals surface area contributed by atoms with E-state index in [1.807, 2.05) is 0 Å². The molecule has 0 saturated carbocycles. The van der Waals surface area contributed by atoms with Crippen molar-refractivity contribution < 1.29 is 0 Å². The second kappa shape index (κ2) is 4.36. The Bertz CT molecular complexity index is 307. The first kappa shape index (κ1) is 10.7. The highest BCUT2D eigenvalue weighted by Crippen LogP contribution is 2.33. The van der Waals surface area contributed by atoms with E-state index in [9.17, 15) is 0 Å². The molecule has 82 valence electrons. The van der Waals surface area contributed by atoms with Gasteiger partial charge in [0.05, 0.1) is 0 Å². The highest BCUT2D eigenvalue weighted by atomic mass is 14.9. The van der Waals surface area contributed by atoms with Gasteiger partial charge in [0.2, 0.25) is 0 Å². The predicted octanol–water partition coefficient (Wildman–Crippen LogP) is 2.89. The van der Waals surface area contributed by atoms with E-state index >= 15 is 0 Å². The van der Waals surface area contributed by atoms with Crippen LogP contribution in [0.1, 0.15) is 37.8 Å². The average Bonchev–Trinajstić information content (AvgIpc) is 2.79. The summed E-state index contributed by atoms with van der Waals surface area (Å²) in [6.07, 6.45) is 3.66. The van der Waals surface area contributed by atoms with E-state index in [1.54, 1.807) is 0 Å². The topological polar surface area (TPSA) is 12.0 Å². The van der Waals surface area contributed by atoms with Crippen LogP contribution in [-0.2, 0) is 11.8 Å². The lowest BCUT2D eigenvalue weighted by atomic mass is 9.77. The molecule has 1 unspecified atom stereocenters. The normalized spacial score (nSPS) is 25.7. The fourth-order valence-electron chi connectivity index (χ4n) is 2.59. The van der Waals surface area contributed by atoms with Crippen LogP contribution in [0.15, 0.2) is 24.3 Å². The van der Waals surface area contributed by atoms with Gasteiger partial charge in [0.15, 0.2) is 0 Å². The minimum atomic E-state index is 0.409. The Hall–Kier alpha value is -0.820. The van der Waals surface area contributed by atoms with E-state index in [-0.39, 0.29) is 0 Å². The van der Waals surface area contributed by atoms with Crippen LogP contribution in [0.3, 0.4) is 0 Å². The zero-order valence-electron chi connectivity index (χ0n) is 9.84. The second-order valence-corrected chi connectivity index (χ2v) is 4.61. The van der Waals surface area contributed by atoms with E-state index in [0.717, 1.165) is 13.0 Å². The Balaban J connectivity index is 2.26. The van der Waals surface area contributed by atoms with Crippen LogP contribution in [0, 0.1) is 0 Å². The Kier molecular flexibility index (Phi) is 3.11. The molecule has 0 bridgehead atoms. The maximum Gasteiger partial charge on any atom is 0.00872 e. The zero-order valence-corrected chi connectivity index (χ0v) is 9.84. The van der Waals surface area contributed by atoms with Gasteiger partial charge in [-0.3, -0.25) is 0 Å². The van der Waals surface area contributed by atoms with Crippen LogP contribution in [0.4, 0.5) is 0 Å². The summed E-state index contributed by atoms with van der Waals surface area (Å²) in [4.78, 5) is 0. The van der Waals surface area contributed by atoms with Gasteiger partial charge in [-0.15, -0.1) is 0 Å². The minimum absolute atomic E-state index is 0.409. The number of hydrogen-bond donors (Lipinski definition) is 1. The lowest BCUT2D eigenvalue weighted by Crippen LogP contribution is -2.27. The molecule has 1 nitrogen and oxygen atoms in total. The number of nitrogens with one attached hydrogen (secondary N) is 1. The van der Waals surface area contributed by atoms with Gasteiger partial charge in [0.25, 0.3) is 0 Å². The molecular weight excluding hydrogens is 182 g/mol. The minimum Gasteiger partial charge on any atom is -0.316 e. The molecule has 1 atom stereocenters. The summed E-state index contributed by atoms with van der Waals surface area (Å²) in [7, 11) is 0. The lowest BCUT2D eigenvalue weighted by molar-refractivity contribution is 0.454. The van der Waals surface area contributed by atoms with Crippen LogP contribution in [-0.4, -0.2) is 13.1 Å². The summed E-state index contributed by atoms with van der Waals surface area (Å²) >= 11 is 0. The molecule has 1 N–H and O–H groups in total. The molecule has 1 heterocycles. The van der Waals surface area contributed by atoms with Crippen LogP contribution >= 0.6 is 0 Å². The van der Waals surface area contributed by atoms with Crippen molar-refractivity contribution in [3.63, 3.8) is 0 Å². The second-order valence-electron chi connectivity index (χ2n) is 4.61. The fourth-order valence-corrected chi connectivity index (χ4v) is 2.59. The van der Waals surface area contributed by atoms with Crippen LogP contribution in [0.5, 0.6) is 0 Å². The van der Waals surface area contributed by atoms with Crippen molar-refractivity contribution in [3.8, 4) is 0 Å². The summed E-state index contributed by atoms with van der Waals surface area (Å²) in [5.41, 5.74) is 3.37. The van der Waals surface area contributed by atoms with Gasteiger partial charge in [-0.05, 0) is 36.9 Å². The summed E-state index contributed by atoms with van der Waals surface area (Å²) in [5, 5.41) is 3.49. The van der Waals surface area contributed by atoms with Gasteiger partial charge in [0, 0.05) is 12.0 Å². The third-order valence-electron chi connectivity index (χ3n) is 3.90. The fraction of sp³-hybridized carbons (Fsp3) is 0.571. The van der Waals surface area contributed by atoms with E-state index in [1.165, 1.54) is 30.5 Å². The van der Waals surface area contributed by atoms with Gasteiger partial charge < -0.3 is 5.32 Å². The Labute approximate surface area is 92.9 Å². The van der Waals surface area contributed by atoms with Gasteiger partial charge in [-0.1, -0.05) is 38.1 Å². The van der Waals surface area contributed by atoms with E-state index < -0.39 is 0 Å². The van der Waals surface area contributed by atoms with Gasteiger partial charge in [-0.25, -0.2) is 0 Å². The standard InChI is InChI=1S/C14H21N/c1-3-12-5-7-13(8-6-12)14(4-2)9-10-15-11-14/h5-8,15H,3-4,9-11H2,1-2H3. The van der Waals surface area contributed by atoms with Crippen molar-refractivity contribution in [1.82, 2.24) is 5.32 Å². The smallest absolute Gasteiger partial charge is 0.00872 e. The number of hydrogen-bond acceptors (Lipinski definition) is 1. The lowest BCUT2D eigenvalue weighted by Gasteiger charge is -2.27. The molecule has 1 aromatic carbocycles. The van der Waals surface area contributed by atoms with Crippen molar-refractivity contribution in [2.45, 2.75) is 38.5 Å². The van der Waals surface area contributed by atoms with E-state index in [4.69, 9.17) is 0 Å². The number of aryl methyl sites for hydroxylation is 1. The first-order chi connectivity index (χ1) is 7.30. The van der Waals surface area contributed by atoms with Crippen molar-refractivity contribution in [2.24, 2.45) is 0 Å². The molecule has 0 radical (unpaired) electrons. The molecule has 1 aliphatic heterocycles. The first-order valence-electron chi connectivity index (χ1n) is 6.11. The highest BCUT2D eigenvalue weighted by Gasteiger charge is 2.33. The molecule has 0 amide bonds. The number of benzene rings is 1. The van der Waals surface area contributed by atoms with E-state index in [2.05, 4.69) is 43.4 Å². The third kappa shape index (κ3) is 1.93. The summed E-state index contributed by atoms with van der Waals surface area (Å²) in [6.45, 7) is 6.83. The maximum atomic E-state index is 3.49. The summed E-state index contributed by atoms with van der Waals surface area (Å²) in [5.74, 6) is 0. The molecule has 1 heteroatoms. The van der Waals surface area contributed by atoms with Crippen molar-refractivity contribution in [2.75, 3.05) is 13.1 Å². The van der Waals surface area contributed by atoms with Gasteiger partial charge in [-0.2, -0.15) is 0 Å². The summed E-state index contributed by atoms with van der Waals surface area (Å²) in [6, 6.07) is 9.22. The molecule has 1 saturated heterocycles. The highest BCUT2D eigenvalue weighted by molar-refractivity contribution is 5.30. The van der Waals surface area contributed by atoms with Crippen LogP contribution < -0.4 is 5.32 Å². The van der Waals surface area contributed by atoms with Gasteiger partial charge in [0.1, 0.15) is 0 Å². The monoisotopic (exact) mass is 203 g/mol. The molecule has 0 spiro atoms. The zero-order chi connectivity index (χ0) is 10.7. The summed E-state index contributed by atoms with van der Waals surface area (Å²) < 4.78 is 0. The molecule has 0 aliphatic carbocycles. The number of rotatable bonds is 3. The van der Waals surface area contributed by atoms with Crippen LogP contribution in [0.25, 0.3) is 0 Å². The van der Waals surface area contributed by atoms with Gasteiger partial charge >= 0.3 is 0 Å². The largest absolute Gasteiger partial charge is 0.316 e. The van der Waals surface area contributed by atoms with Crippen LogP contribution in [0.2, 0.25) is 0 Å². The average molecular weight is 203 g/mol. The molecule has 1 aliphatic rings. The first-order valence-corrected chi connectivity index (χ1v) is 6.11.